The van der Waals surface area contributed by atoms with Crippen LogP contribution in [0.2, 0.25) is 0 Å². The highest BCUT2D eigenvalue weighted by Gasteiger charge is 1.99. The smallest absolute Gasteiger partial charge is 0.0701 e. The van der Waals surface area contributed by atoms with Crippen LogP contribution in [-0.2, 0) is 9.47 Å². The first kappa shape index (κ1) is 18.9. The van der Waals surface area contributed by atoms with Crippen LogP contribution in [0.4, 0.5) is 0 Å². The molecule has 0 saturated heterocycles. The van der Waals surface area contributed by atoms with Crippen molar-refractivity contribution < 1.29 is 14.6 Å². The molecule has 0 spiro atoms. The van der Waals surface area contributed by atoms with E-state index in [4.69, 9.17) is 14.6 Å². The fourth-order valence-corrected chi connectivity index (χ4v) is 2.25. The molecule has 0 heterocycles. The third-order valence-electron chi connectivity index (χ3n) is 3.37. The molecular formula is C16H34O3. The standard InChI is InChI=1S/C16H34O3/c1-3-9-16(2)10-7-5-4-6-8-12-18-14-15-19-13-11-17/h16-17H,3-15H2,1-2H3. The Hall–Kier alpha value is -0.120. The molecule has 1 atom stereocenters. The molecule has 3 nitrogen and oxygen atoms in total. The molecule has 0 aliphatic rings. The van der Waals surface area contributed by atoms with Gasteiger partial charge in [0.25, 0.3) is 0 Å². The van der Waals surface area contributed by atoms with Gasteiger partial charge in [-0.25, -0.2) is 0 Å². The van der Waals surface area contributed by atoms with E-state index in [1.54, 1.807) is 0 Å². The Morgan fingerprint density at radius 2 is 1.42 bits per heavy atom. The fraction of sp³-hybridized carbons (Fsp3) is 1.00. The second kappa shape index (κ2) is 15.9. The first-order chi connectivity index (χ1) is 9.31. The van der Waals surface area contributed by atoms with Gasteiger partial charge in [0.15, 0.2) is 0 Å². The summed E-state index contributed by atoms with van der Waals surface area (Å²) in [7, 11) is 0. The van der Waals surface area contributed by atoms with Crippen LogP contribution < -0.4 is 0 Å². The third kappa shape index (κ3) is 15.8. The number of aliphatic hydroxyl groups excluding tert-OH is 1. The summed E-state index contributed by atoms with van der Waals surface area (Å²) in [5.41, 5.74) is 0. The zero-order chi connectivity index (χ0) is 14.2. The van der Waals surface area contributed by atoms with E-state index < -0.39 is 0 Å². The maximum absolute atomic E-state index is 8.51. The molecule has 1 unspecified atom stereocenters. The van der Waals surface area contributed by atoms with Crippen molar-refractivity contribution in [1.29, 1.82) is 0 Å². The molecule has 0 bridgehead atoms. The summed E-state index contributed by atoms with van der Waals surface area (Å²) >= 11 is 0. The zero-order valence-corrected chi connectivity index (χ0v) is 13.0. The van der Waals surface area contributed by atoms with Crippen LogP contribution in [0, 0.1) is 5.92 Å². The minimum absolute atomic E-state index is 0.0941. The molecule has 0 fully saturated rings. The molecule has 0 radical (unpaired) electrons. The molecule has 0 aromatic heterocycles. The number of rotatable bonds is 15. The highest BCUT2D eigenvalue weighted by Crippen LogP contribution is 2.15. The van der Waals surface area contributed by atoms with E-state index in [0.29, 0.717) is 19.8 Å². The van der Waals surface area contributed by atoms with Crippen LogP contribution in [0.25, 0.3) is 0 Å². The fourth-order valence-electron chi connectivity index (χ4n) is 2.25. The summed E-state index contributed by atoms with van der Waals surface area (Å²) in [6.07, 6.45) is 10.6. The van der Waals surface area contributed by atoms with E-state index in [-0.39, 0.29) is 6.61 Å². The van der Waals surface area contributed by atoms with Crippen molar-refractivity contribution in [2.24, 2.45) is 5.92 Å². The molecule has 0 rings (SSSR count). The maximum Gasteiger partial charge on any atom is 0.0701 e. The van der Waals surface area contributed by atoms with Crippen molar-refractivity contribution in [3.05, 3.63) is 0 Å². The van der Waals surface area contributed by atoms with E-state index in [0.717, 1.165) is 18.9 Å². The average Bonchev–Trinajstić information content (AvgIpc) is 2.40. The lowest BCUT2D eigenvalue weighted by molar-refractivity contribution is 0.0320. The molecule has 0 aromatic carbocycles. The average molecular weight is 274 g/mol. The van der Waals surface area contributed by atoms with Crippen molar-refractivity contribution >= 4 is 0 Å². The van der Waals surface area contributed by atoms with Gasteiger partial charge in [0.2, 0.25) is 0 Å². The summed E-state index contributed by atoms with van der Waals surface area (Å²) in [6, 6.07) is 0. The van der Waals surface area contributed by atoms with Crippen LogP contribution in [0.1, 0.15) is 65.2 Å². The monoisotopic (exact) mass is 274 g/mol. The number of hydrogen-bond acceptors (Lipinski definition) is 3. The van der Waals surface area contributed by atoms with Gasteiger partial charge >= 0.3 is 0 Å². The van der Waals surface area contributed by atoms with E-state index in [9.17, 15) is 0 Å². The molecule has 0 saturated carbocycles. The lowest BCUT2D eigenvalue weighted by Crippen LogP contribution is -2.07. The Bertz CT molecular complexity index is 162. The molecule has 0 amide bonds. The summed E-state index contributed by atoms with van der Waals surface area (Å²) in [4.78, 5) is 0. The van der Waals surface area contributed by atoms with Crippen molar-refractivity contribution in [2.45, 2.75) is 65.2 Å². The Morgan fingerprint density at radius 3 is 2.11 bits per heavy atom. The molecule has 0 aliphatic carbocycles. The predicted molar refractivity (Wildman–Crippen MR) is 80.5 cm³/mol. The highest BCUT2D eigenvalue weighted by molar-refractivity contribution is 4.53. The molecule has 116 valence electrons. The van der Waals surface area contributed by atoms with Gasteiger partial charge in [0.05, 0.1) is 26.4 Å². The van der Waals surface area contributed by atoms with Gasteiger partial charge in [-0.1, -0.05) is 58.8 Å². The molecule has 0 aromatic rings. The Morgan fingerprint density at radius 1 is 0.789 bits per heavy atom. The molecular weight excluding hydrogens is 240 g/mol. The number of ether oxygens (including phenoxy) is 2. The van der Waals surface area contributed by atoms with Crippen LogP contribution in [0.3, 0.4) is 0 Å². The van der Waals surface area contributed by atoms with Gasteiger partial charge < -0.3 is 14.6 Å². The molecule has 3 heteroatoms. The van der Waals surface area contributed by atoms with E-state index in [2.05, 4.69) is 13.8 Å². The third-order valence-corrected chi connectivity index (χ3v) is 3.37. The topological polar surface area (TPSA) is 38.7 Å². The Kier molecular flexibility index (Phi) is 15.8. The second-order valence-electron chi connectivity index (χ2n) is 5.40. The van der Waals surface area contributed by atoms with Crippen molar-refractivity contribution in [3.8, 4) is 0 Å². The number of aliphatic hydroxyl groups is 1. The van der Waals surface area contributed by atoms with Crippen molar-refractivity contribution in [2.75, 3.05) is 33.0 Å². The summed E-state index contributed by atoms with van der Waals surface area (Å²) in [5, 5.41) is 8.51. The van der Waals surface area contributed by atoms with Crippen LogP contribution in [-0.4, -0.2) is 38.1 Å². The predicted octanol–water partition coefficient (Wildman–Crippen LogP) is 3.79. The summed E-state index contributed by atoms with van der Waals surface area (Å²) < 4.78 is 10.6. The quantitative estimate of drug-likeness (QED) is 0.462. The zero-order valence-electron chi connectivity index (χ0n) is 13.0. The van der Waals surface area contributed by atoms with Gasteiger partial charge in [-0.2, -0.15) is 0 Å². The summed E-state index contributed by atoms with van der Waals surface area (Å²) in [5.74, 6) is 0.909. The minimum atomic E-state index is 0.0941. The Labute approximate surface area is 119 Å². The molecule has 0 aliphatic heterocycles. The van der Waals surface area contributed by atoms with E-state index in [1.165, 1.54) is 44.9 Å². The van der Waals surface area contributed by atoms with Crippen LogP contribution in [0.5, 0.6) is 0 Å². The van der Waals surface area contributed by atoms with Crippen molar-refractivity contribution in [1.82, 2.24) is 0 Å². The van der Waals surface area contributed by atoms with Gasteiger partial charge in [-0.15, -0.1) is 0 Å². The SMILES string of the molecule is CCCC(C)CCCCCCCOCCOCCO. The Balaban J connectivity index is 2.99. The van der Waals surface area contributed by atoms with Gasteiger partial charge in [0, 0.05) is 6.61 Å². The lowest BCUT2D eigenvalue weighted by atomic mass is 9.98. The normalized spacial score (nSPS) is 12.8. The largest absolute Gasteiger partial charge is 0.394 e. The summed E-state index contributed by atoms with van der Waals surface area (Å²) in [6.45, 7) is 7.23. The molecule has 19 heavy (non-hydrogen) atoms. The van der Waals surface area contributed by atoms with Crippen molar-refractivity contribution in [3.63, 3.8) is 0 Å². The van der Waals surface area contributed by atoms with E-state index >= 15 is 0 Å². The number of hydrogen-bond donors (Lipinski definition) is 1. The van der Waals surface area contributed by atoms with Crippen LogP contribution >= 0.6 is 0 Å². The van der Waals surface area contributed by atoms with Gasteiger partial charge in [-0.05, 0) is 12.3 Å². The minimum Gasteiger partial charge on any atom is -0.394 e. The first-order valence-corrected chi connectivity index (χ1v) is 8.07. The molecule has 1 N–H and O–H groups in total. The van der Waals surface area contributed by atoms with Gasteiger partial charge in [-0.3, -0.25) is 0 Å². The van der Waals surface area contributed by atoms with E-state index in [1.807, 2.05) is 0 Å². The second-order valence-corrected chi connectivity index (χ2v) is 5.40. The first-order valence-electron chi connectivity index (χ1n) is 8.07. The maximum atomic E-state index is 8.51. The number of unbranched alkanes of at least 4 members (excludes halogenated alkanes) is 4. The van der Waals surface area contributed by atoms with Gasteiger partial charge in [0.1, 0.15) is 0 Å². The van der Waals surface area contributed by atoms with Crippen LogP contribution in [0.15, 0.2) is 0 Å². The lowest BCUT2D eigenvalue weighted by Gasteiger charge is -2.09. The highest BCUT2D eigenvalue weighted by atomic mass is 16.5.